The first-order valence-corrected chi connectivity index (χ1v) is 26.5. The van der Waals surface area contributed by atoms with Gasteiger partial charge in [0.2, 0.25) is 65.0 Å². The Balaban J connectivity index is 2.41. The van der Waals surface area contributed by atoms with Gasteiger partial charge in [0, 0.05) is 40.5 Å². The van der Waals surface area contributed by atoms with Crippen molar-refractivity contribution in [1.29, 1.82) is 0 Å². The third kappa shape index (κ3) is 20.9. The number of nitrogens with two attached hydrogens (primary N) is 3. The van der Waals surface area contributed by atoms with Crippen LogP contribution in [0.3, 0.4) is 0 Å². The number of likely N-dealkylation sites (tertiary alicyclic amines) is 1. The number of rotatable bonds is 31. The summed E-state index contributed by atoms with van der Waals surface area (Å²) in [5.74, 6) is -9.61. The van der Waals surface area contributed by atoms with Crippen LogP contribution >= 0.6 is 0 Å². The Morgan fingerprint density at radius 1 is 0.731 bits per heavy atom. The number of primary amides is 1. The van der Waals surface area contributed by atoms with Crippen LogP contribution in [0, 0.1) is 17.8 Å². The standard InChI is InChI=1S/C52H86N14O12/c1-12-29(5)40(47(74)60-35(21-17-23-56-52(54)55)50(77)66-24-18-22-37(66)46(73)58-31(7)44(53)71)62-49(76)43(28(3)4)65(11)51(78)42(32(8)67)63-48(75)41(30(6)13-2)61-45(72)36(25-34-19-15-14-16-20-34)59-38(69)26-57-39(70)27-64(10)33(9)68/h14-16,19-20,28-32,35-37,40-43,67H,12-13,17-18,21-27H2,1-11H3,(H2,53,71)(H,57,70)(H,58,73)(H,59,69)(H,60,74)(H,61,72)(H,62,76)(H,63,75)(H4,54,55,56)/t29-,30-,31+,32+,35-,36-,37-,40-,41+,42-,43-/m0/s1. The fourth-order valence-corrected chi connectivity index (χ4v) is 8.58. The molecule has 0 radical (unpaired) electrons. The second kappa shape index (κ2) is 32.4. The molecule has 2 rings (SSSR count). The number of aliphatic imine (C=N–C) groups is 1. The van der Waals surface area contributed by atoms with Crippen LogP contribution in [0.5, 0.6) is 0 Å². The summed E-state index contributed by atoms with van der Waals surface area (Å²) in [5.41, 5.74) is 17.0. The van der Waals surface area contributed by atoms with E-state index in [2.05, 4.69) is 42.2 Å². The van der Waals surface area contributed by atoms with E-state index in [0.717, 1.165) is 9.80 Å². The molecule has 436 valence electrons. The first-order valence-electron chi connectivity index (χ1n) is 26.5. The molecule has 0 saturated carbocycles. The van der Waals surface area contributed by atoms with Crippen molar-refractivity contribution in [3.63, 3.8) is 0 Å². The number of nitrogens with zero attached hydrogens (tertiary/aromatic N) is 4. The molecule has 14 N–H and O–H groups in total. The third-order valence-corrected chi connectivity index (χ3v) is 13.8. The van der Waals surface area contributed by atoms with Gasteiger partial charge in [-0.3, -0.25) is 57.7 Å². The molecule has 78 heavy (non-hydrogen) atoms. The van der Waals surface area contributed by atoms with Gasteiger partial charge in [-0.2, -0.15) is 0 Å². The molecule has 0 bridgehead atoms. The van der Waals surface area contributed by atoms with Crippen molar-refractivity contribution in [2.45, 2.75) is 162 Å². The van der Waals surface area contributed by atoms with Gasteiger partial charge < -0.3 is 74.2 Å². The molecular formula is C52H86N14O12. The molecule has 26 heteroatoms. The molecule has 1 aromatic carbocycles. The Kier molecular flexibility index (Phi) is 27.7. The lowest BCUT2D eigenvalue weighted by Gasteiger charge is -2.36. The Hall–Kier alpha value is -7.38. The van der Waals surface area contributed by atoms with Crippen LogP contribution in [0.1, 0.15) is 106 Å². The molecule has 26 nitrogen and oxygen atoms in total. The van der Waals surface area contributed by atoms with Gasteiger partial charge in [0.05, 0.1) is 19.2 Å². The van der Waals surface area contributed by atoms with Gasteiger partial charge >= 0.3 is 0 Å². The highest BCUT2D eigenvalue weighted by Crippen LogP contribution is 2.22. The van der Waals surface area contributed by atoms with Gasteiger partial charge in [-0.05, 0) is 62.8 Å². The molecule has 1 saturated heterocycles. The van der Waals surface area contributed by atoms with Gasteiger partial charge in [-0.15, -0.1) is 0 Å². The number of guanidine groups is 1. The quantitative estimate of drug-likeness (QED) is 0.0204. The Bertz CT molecular complexity index is 2280. The summed E-state index contributed by atoms with van der Waals surface area (Å²) in [6, 6.07) is -1.31. The number of carbonyl (C=O) groups is 11. The van der Waals surface area contributed by atoms with Gasteiger partial charge in [0.15, 0.2) is 5.96 Å². The third-order valence-electron chi connectivity index (χ3n) is 13.8. The number of benzene rings is 1. The lowest BCUT2D eigenvalue weighted by molar-refractivity contribution is -0.147. The maximum absolute atomic E-state index is 14.5. The number of amides is 11. The van der Waals surface area contributed by atoms with Crippen LogP contribution in [-0.4, -0.2) is 185 Å². The zero-order valence-electron chi connectivity index (χ0n) is 47.1. The lowest BCUT2D eigenvalue weighted by atomic mass is 9.94. The van der Waals surface area contributed by atoms with Crippen LogP contribution in [0.15, 0.2) is 35.3 Å². The van der Waals surface area contributed by atoms with Crippen molar-refractivity contribution in [2.24, 2.45) is 39.9 Å². The second-order valence-corrected chi connectivity index (χ2v) is 20.4. The zero-order valence-corrected chi connectivity index (χ0v) is 47.1. The van der Waals surface area contributed by atoms with Crippen molar-refractivity contribution >= 4 is 70.9 Å². The van der Waals surface area contributed by atoms with E-state index in [9.17, 15) is 57.8 Å². The van der Waals surface area contributed by atoms with E-state index in [1.54, 1.807) is 71.9 Å². The Morgan fingerprint density at radius 2 is 1.29 bits per heavy atom. The predicted molar refractivity (Wildman–Crippen MR) is 290 cm³/mol. The Morgan fingerprint density at radius 3 is 1.82 bits per heavy atom. The molecule has 0 aliphatic carbocycles. The van der Waals surface area contributed by atoms with E-state index < -0.39 is 138 Å². The van der Waals surface area contributed by atoms with Crippen LogP contribution in [0.4, 0.5) is 0 Å². The highest BCUT2D eigenvalue weighted by Gasteiger charge is 2.42. The number of carbonyl (C=O) groups excluding carboxylic acids is 11. The molecule has 11 atom stereocenters. The minimum absolute atomic E-state index is 0.0230. The maximum Gasteiger partial charge on any atom is 0.248 e. The van der Waals surface area contributed by atoms with Crippen molar-refractivity contribution in [3.05, 3.63) is 35.9 Å². The minimum atomic E-state index is -1.67. The molecule has 11 amide bonds. The van der Waals surface area contributed by atoms with E-state index in [1.807, 2.05) is 0 Å². The fraction of sp³-hybridized carbons (Fsp3) is 0.654. The lowest BCUT2D eigenvalue weighted by Crippen LogP contribution is -2.63. The van der Waals surface area contributed by atoms with E-state index in [1.165, 1.54) is 39.8 Å². The number of aliphatic hydroxyl groups excluding tert-OH is 1. The van der Waals surface area contributed by atoms with Gasteiger partial charge in [-0.25, -0.2) is 0 Å². The predicted octanol–water partition coefficient (Wildman–Crippen LogP) is -2.76. The average Bonchev–Trinajstić information content (AvgIpc) is 3.88. The topological polar surface area (TPSA) is 392 Å². The smallest absolute Gasteiger partial charge is 0.248 e. The normalized spacial score (nSPS) is 16.9. The summed E-state index contributed by atoms with van der Waals surface area (Å²) >= 11 is 0. The molecule has 1 fully saturated rings. The summed E-state index contributed by atoms with van der Waals surface area (Å²) in [4.78, 5) is 156. The van der Waals surface area contributed by atoms with Gasteiger partial charge in [0.1, 0.15) is 48.3 Å². The number of likely N-dealkylation sites (N-methyl/N-ethyl adjacent to an activating group) is 2. The first-order chi connectivity index (χ1) is 36.6. The fourth-order valence-electron chi connectivity index (χ4n) is 8.58. The molecule has 1 aliphatic heterocycles. The number of aliphatic hydroxyl groups is 1. The van der Waals surface area contributed by atoms with Crippen molar-refractivity contribution in [1.82, 2.24) is 51.9 Å². The number of hydrogen-bond donors (Lipinski definition) is 11. The van der Waals surface area contributed by atoms with E-state index in [-0.39, 0.29) is 57.2 Å². The van der Waals surface area contributed by atoms with Crippen molar-refractivity contribution < 1.29 is 57.8 Å². The number of nitrogens with one attached hydrogen (secondary N) is 7. The average molecular weight is 1100 g/mol. The van der Waals surface area contributed by atoms with Crippen LogP contribution < -0.4 is 54.4 Å². The highest BCUT2D eigenvalue weighted by molar-refractivity contribution is 5.99. The van der Waals surface area contributed by atoms with E-state index >= 15 is 0 Å². The van der Waals surface area contributed by atoms with Crippen LogP contribution in [-0.2, 0) is 59.2 Å². The van der Waals surface area contributed by atoms with E-state index in [0.29, 0.717) is 24.8 Å². The van der Waals surface area contributed by atoms with Crippen molar-refractivity contribution in [2.75, 3.05) is 40.3 Å². The SMILES string of the molecule is CC[C@H](C)[C@H](NC(=O)[C@H](C(C)C)N(C)C(=O)[C@@H](NC(=O)[C@H](NC(=O)[C@H](Cc1ccccc1)NC(=O)CNC(=O)CN(C)C(C)=O)[C@@H](C)CC)[C@@H](C)O)C(=O)N[C@@H](CCCN=C(N)N)C(=O)N1CCC[C@H]1C(=O)N[C@H](C)C(N)=O. The minimum Gasteiger partial charge on any atom is -0.391 e. The van der Waals surface area contributed by atoms with E-state index in [4.69, 9.17) is 17.2 Å². The summed E-state index contributed by atoms with van der Waals surface area (Å²) in [5, 5.41) is 29.5. The molecule has 1 aliphatic rings. The first kappa shape index (κ1) is 66.7. The summed E-state index contributed by atoms with van der Waals surface area (Å²) in [7, 11) is 2.72. The van der Waals surface area contributed by atoms with Crippen LogP contribution in [0.2, 0.25) is 0 Å². The molecule has 1 heterocycles. The zero-order chi connectivity index (χ0) is 59.1. The molecule has 1 aromatic rings. The van der Waals surface area contributed by atoms with Crippen LogP contribution in [0.25, 0.3) is 0 Å². The monoisotopic (exact) mass is 1100 g/mol. The van der Waals surface area contributed by atoms with Gasteiger partial charge in [-0.1, -0.05) is 84.7 Å². The Labute approximate surface area is 457 Å². The largest absolute Gasteiger partial charge is 0.391 e. The summed E-state index contributed by atoms with van der Waals surface area (Å²) in [6.45, 7) is 13.7. The summed E-state index contributed by atoms with van der Waals surface area (Å²) < 4.78 is 0. The van der Waals surface area contributed by atoms with Gasteiger partial charge in [0.25, 0.3) is 0 Å². The molecule has 0 spiro atoms. The summed E-state index contributed by atoms with van der Waals surface area (Å²) in [6.07, 6.45) is 0.150. The molecular weight excluding hydrogens is 1010 g/mol. The second-order valence-electron chi connectivity index (χ2n) is 20.4. The van der Waals surface area contributed by atoms with Crippen molar-refractivity contribution in [3.8, 4) is 0 Å². The maximum atomic E-state index is 14.5. The molecule has 0 aromatic heterocycles. The number of hydrogen-bond acceptors (Lipinski definition) is 13. The highest BCUT2D eigenvalue weighted by atomic mass is 16.3. The molecule has 0 unspecified atom stereocenters.